The maximum Gasteiger partial charge on any atom is 0.265 e. The molecule has 0 unspecified atom stereocenters. The van der Waals surface area contributed by atoms with Gasteiger partial charge in [0.2, 0.25) is 0 Å². The number of rotatable bonds is 1. The van der Waals surface area contributed by atoms with Gasteiger partial charge in [-0.1, -0.05) is 30.3 Å². The Bertz CT molecular complexity index is 150. The molecule has 1 nitrogen and oxygen atoms in total. The largest absolute Gasteiger partial charge is 0.428 e. The molecule has 0 fully saturated rings. The van der Waals surface area contributed by atoms with Gasteiger partial charge in [-0.2, -0.15) is 0 Å². The number of hydrogen-bond donors (Lipinski definition) is 1. The predicted octanol–water partition coefficient (Wildman–Crippen LogP) is -0.0766. The van der Waals surface area contributed by atoms with Crippen LogP contribution in [0.5, 0.6) is 0 Å². The molecule has 0 heterocycles. The number of benzene rings is 1. The van der Waals surface area contributed by atoms with E-state index in [1.807, 2.05) is 30.3 Å². The lowest BCUT2D eigenvalue weighted by Gasteiger charge is -1.86. The fourth-order valence-corrected chi connectivity index (χ4v) is 0.854. The minimum atomic E-state index is -0.0700. The Morgan fingerprint density at radius 1 is 1.12 bits per heavy atom. The molecule has 40 valence electrons. The third-order valence-electron chi connectivity index (χ3n) is 0.903. The van der Waals surface area contributed by atoms with E-state index in [1.165, 1.54) is 0 Å². The van der Waals surface area contributed by atoms with Crippen molar-refractivity contribution in [2.24, 2.45) is 0 Å². The second-order valence-electron chi connectivity index (χ2n) is 1.48. The van der Waals surface area contributed by atoms with Crippen LogP contribution in [0.2, 0.25) is 0 Å². The molecule has 0 aliphatic rings. The van der Waals surface area contributed by atoms with Crippen LogP contribution in [-0.4, -0.2) is 14.6 Å². The van der Waals surface area contributed by atoms with Crippen LogP contribution in [0.1, 0.15) is 0 Å². The molecule has 1 N–H and O–H groups in total. The maximum atomic E-state index is 8.57. The summed E-state index contributed by atoms with van der Waals surface area (Å²) in [5.41, 5.74) is 0. The Hall–Kier alpha value is -0.603. The van der Waals surface area contributed by atoms with E-state index in [1.54, 1.807) is 0 Å². The summed E-state index contributed by atoms with van der Waals surface area (Å²) in [4.78, 5) is 8.57. The molecule has 0 atom stereocenters. The number of hydrogen-bond acceptors (Lipinski definition) is 1. The van der Waals surface area contributed by atoms with Gasteiger partial charge in [0.25, 0.3) is 9.76 Å². The molecule has 0 saturated carbocycles. The van der Waals surface area contributed by atoms with Crippen LogP contribution in [0.4, 0.5) is 0 Å². The highest BCUT2D eigenvalue weighted by molar-refractivity contribution is 6.45. The summed E-state index contributed by atoms with van der Waals surface area (Å²) < 4.78 is 0. The molecule has 1 aromatic rings. The smallest absolute Gasteiger partial charge is 0.265 e. The van der Waals surface area contributed by atoms with Gasteiger partial charge in [-0.3, -0.25) is 0 Å². The Morgan fingerprint density at radius 3 is 2.12 bits per heavy atom. The van der Waals surface area contributed by atoms with Crippen LogP contribution < -0.4 is 5.19 Å². The highest BCUT2D eigenvalue weighted by Crippen LogP contribution is 1.78. The summed E-state index contributed by atoms with van der Waals surface area (Å²) in [5.74, 6) is 0. The summed E-state index contributed by atoms with van der Waals surface area (Å²) in [5, 5.41) is 0.993. The lowest BCUT2D eigenvalue weighted by atomic mass is 10.4. The Kier molecular flexibility index (Phi) is 1.83. The third-order valence-corrected chi connectivity index (χ3v) is 1.49. The molecule has 0 spiro atoms. The van der Waals surface area contributed by atoms with Gasteiger partial charge in [0.05, 0.1) is 0 Å². The van der Waals surface area contributed by atoms with Crippen molar-refractivity contribution in [2.75, 3.05) is 0 Å². The van der Waals surface area contributed by atoms with Crippen molar-refractivity contribution >= 4 is 14.9 Å². The predicted molar refractivity (Wildman–Crippen MR) is 34.0 cm³/mol. The normalized spacial score (nSPS) is 9.12. The highest BCUT2D eigenvalue weighted by atomic mass is 28.2. The zero-order valence-corrected chi connectivity index (χ0v) is 5.33. The van der Waals surface area contributed by atoms with Gasteiger partial charge in [-0.25, -0.2) is 0 Å². The van der Waals surface area contributed by atoms with Crippen molar-refractivity contribution in [3.05, 3.63) is 30.3 Å². The van der Waals surface area contributed by atoms with Gasteiger partial charge in [-0.05, 0) is 5.19 Å². The SMILES string of the molecule is O[Si]c1ccccc1. The molecular formula is C6H6OSi. The zero-order chi connectivity index (χ0) is 5.82. The molecule has 0 aliphatic heterocycles. The van der Waals surface area contributed by atoms with Gasteiger partial charge in [-0.15, -0.1) is 0 Å². The summed E-state index contributed by atoms with van der Waals surface area (Å²) in [7, 11) is -0.0700. The first kappa shape index (κ1) is 5.53. The molecule has 0 saturated heterocycles. The first-order chi connectivity index (χ1) is 3.93. The van der Waals surface area contributed by atoms with Crippen LogP contribution in [0.25, 0.3) is 0 Å². The van der Waals surface area contributed by atoms with E-state index < -0.39 is 0 Å². The van der Waals surface area contributed by atoms with E-state index in [9.17, 15) is 0 Å². The molecule has 0 amide bonds. The quantitative estimate of drug-likeness (QED) is 0.517. The molecule has 1 aromatic carbocycles. The molecule has 0 aromatic heterocycles. The van der Waals surface area contributed by atoms with Gasteiger partial charge >= 0.3 is 0 Å². The monoisotopic (exact) mass is 122 g/mol. The van der Waals surface area contributed by atoms with Gasteiger partial charge < -0.3 is 4.80 Å². The summed E-state index contributed by atoms with van der Waals surface area (Å²) in [6, 6.07) is 9.57. The van der Waals surface area contributed by atoms with E-state index in [0.717, 1.165) is 5.19 Å². The van der Waals surface area contributed by atoms with Crippen LogP contribution in [0.15, 0.2) is 30.3 Å². The van der Waals surface area contributed by atoms with Crippen molar-refractivity contribution in [1.82, 2.24) is 0 Å². The van der Waals surface area contributed by atoms with E-state index in [0.29, 0.717) is 0 Å². The minimum absolute atomic E-state index is 0.0700. The Morgan fingerprint density at radius 2 is 1.75 bits per heavy atom. The van der Waals surface area contributed by atoms with E-state index in [4.69, 9.17) is 4.80 Å². The second-order valence-corrected chi connectivity index (χ2v) is 2.28. The summed E-state index contributed by atoms with van der Waals surface area (Å²) in [6.07, 6.45) is 0. The third kappa shape index (κ3) is 1.18. The van der Waals surface area contributed by atoms with Crippen LogP contribution in [-0.2, 0) is 0 Å². The van der Waals surface area contributed by atoms with E-state index >= 15 is 0 Å². The molecule has 2 heteroatoms. The second kappa shape index (κ2) is 2.64. The molecule has 2 radical (unpaired) electrons. The lowest BCUT2D eigenvalue weighted by Crippen LogP contribution is -2.11. The van der Waals surface area contributed by atoms with Crippen LogP contribution >= 0.6 is 0 Å². The van der Waals surface area contributed by atoms with Crippen molar-refractivity contribution in [1.29, 1.82) is 0 Å². The Labute approximate surface area is 50.9 Å². The van der Waals surface area contributed by atoms with Gasteiger partial charge in [0, 0.05) is 0 Å². The molecule has 8 heavy (non-hydrogen) atoms. The minimum Gasteiger partial charge on any atom is -0.428 e. The maximum absolute atomic E-state index is 8.57. The molecular weight excluding hydrogens is 116 g/mol. The zero-order valence-electron chi connectivity index (χ0n) is 4.33. The first-order valence-electron chi connectivity index (χ1n) is 2.38. The van der Waals surface area contributed by atoms with Crippen molar-refractivity contribution in [3.63, 3.8) is 0 Å². The topological polar surface area (TPSA) is 20.2 Å². The highest BCUT2D eigenvalue weighted by Gasteiger charge is 1.84. The lowest BCUT2D eigenvalue weighted by molar-refractivity contribution is 0.615. The van der Waals surface area contributed by atoms with Crippen LogP contribution in [0, 0.1) is 0 Å². The van der Waals surface area contributed by atoms with Gasteiger partial charge in [0.15, 0.2) is 0 Å². The van der Waals surface area contributed by atoms with Crippen molar-refractivity contribution in [2.45, 2.75) is 0 Å². The molecule has 0 aliphatic carbocycles. The summed E-state index contributed by atoms with van der Waals surface area (Å²) >= 11 is 0. The summed E-state index contributed by atoms with van der Waals surface area (Å²) in [6.45, 7) is 0. The fraction of sp³-hybridized carbons (Fsp3) is 0. The standard InChI is InChI=1S/C6H6OSi/c7-8-6-4-2-1-3-5-6/h1-5,7H. The molecule has 1 rings (SSSR count). The van der Waals surface area contributed by atoms with Gasteiger partial charge in [0.1, 0.15) is 0 Å². The van der Waals surface area contributed by atoms with E-state index in [-0.39, 0.29) is 9.76 Å². The average molecular weight is 122 g/mol. The average Bonchev–Trinajstić information content (AvgIpc) is 1.90. The fourth-order valence-electron chi connectivity index (χ4n) is 0.513. The van der Waals surface area contributed by atoms with Crippen molar-refractivity contribution < 1.29 is 4.80 Å². The first-order valence-corrected chi connectivity index (χ1v) is 3.33. The van der Waals surface area contributed by atoms with Crippen LogP contribution in [0.3, 0.4) is 0 Å². The molecule has 0 bridgehead atoms. The Balaban J connectivity index is 2.83. The van der Waals surface area contributed by atoms with E-state index in [2.05, 4.69) is 0 Å². The van der Waals surface area contributed by atoms with Crippen molar-refractivity contribution in [3.8, 4) is 0 Å².